The molecule has 104 valence electrons. The predicted molar refractivity (Wildman–Crippen MR) is 81.1 cm³/mol. The number of carbonyl (C=O) groups is 1. The molecule has 2 rings (SSSR count). The minimum absolute atomic E-state index is 0.154. The lowest BCUT2D eigenvalue weighted by atomic mass is 10.1. The molecular weight excluding hydrogens is 250 g/mol. The number of benzene rings is 2. The Kier molecular flexibility index (Phi) is 4.41. The second kappa shape index (κ2) is 6.24. The fourth-order valence-electron chi connectivity index (χ4n) is 2.05. The highest BCUT2D eigenvalue weighted by Gasteiger charge is 2.14. The van der Waals surface area contributed by atoms with Gasteiger partial charge in [0.15, 0.2) is 6.10 Å². The number of para-hydroxylation sites is 1. The van der Waals surface area contributed by atoms with Gasteiger partial charge in [-0.1, -0.05) is 24.3 Å². The van der Waals surface area contributed by atoms with Crippen LogP contribution in [-0.4, -0.2) is 12.0 Å². The van der Waals surface area contributed by atoms with Crippen molar-refractivity contribution >= 4 is 11.6 Å². The Morgan fingerprint density at radius 3 is 2.25 bits per heavy atom. The molecule has 1 N–H and O–H groups in total. The van der Waals surface area contributed by atoms with E-state index < -0.39 is 6.10 Å². The molecule has 0 saturated heterocycles. The van der Waals surface area contributed by atoms with Crippen LogP contribution in [0.25, 0.3) is 0 Å². The fourth-order valence-corrected chi connectivity index (χ4v) is 2.05. The van der Waals surface area contributed by atoms with Crippen molar-refractivity contribution in [1.82, 2.24) is 0 Å². The van der Waals surface area contributed by atoms with E-state index in [1.807, 2.05) is 56.3 Å². The normalized spacial score (nSPS) is 11.8. The first-order valence-corrected chi connectivity index (χ1v) is 6.65. The van der Waals surface area contributed by atoms with Gasteiger partial charge in [-0.05, 0) is 56.2 Å². The molecule has 3 nitrogen and oxygen atoms in total. The van der Waals surface area contributed by atoms with Gasteiger partial charge in [-0.25, -0.2) is 0 Å². The van der Waals surface area contributed by atoms with Crippen molar-refractivity contribution in [2.24, 2.45) is 0 Å². The summed E-state index contributed by atoms with van der Waals surface area (Å²) >= 11 is 0. The van der Waals surface area contributed by atoms with Crippen molar-refractivity contribution in [1.29, 1.82) is 0 Å². The van der Waals surface area contributed by atoms with Crippen LogP contribution in [-0.2, 0) is 4.79 Å². The summed E-state index contributed by atoms with van der Waals surface area (Å²) in [6.07, 6.45) is -0.543. The number of nitrogens with one attached hydrogen (secondary N) is 1. The molecule has 0 aliphatic heterocycles. The Labute approximate surface area is 119 Å². The van der Waals surface area contributed by atoms with Gasteiger partial charge in [-0.2, -0.15) is 0 Å². The predicted octanol–water partition coefficient (Wildman–Crippen LogP) is 3.71. The monoisotopic (exact) mass is 269 g/mol. The quantitative estimate of drug-likeness (QED) is 0.919. The summed E-state index contributed by atoms with van der Waals surface area (Å²) < 4.78 is 5.60. The van der Waals surface area contributed by atoms with E-state index in [-0.39, 0.29) is 5.91 Å². The largest absolute Gasteiger partial charge is 0.481 e. The van der Waals surface area contributed by atoms with Crippen LogP contribution in [0.5, 0.6) is 5.75 Å². The fraction of sp³-hybridized carbons (Fsp3) is 0.235. The highest BCUT2D eigenvalue weighted by Crippen LogP contribution is 2.15. The summed E-state index contributed by atoms with van der Waals surface area (Å²) in [5.41, 5.74) is 3.05. The van der Waals surface area contributed by atoms with Crippen molar-refractivity contribution < 1.29 is 9.53 Å². The molecule has 2 aromatic carbocycles. The van der Waals surface area contributed by atoms with Crippen molar-refractivity contribution in [3.63, 3.8) is 0 Å². The average molecular weight is 269 g/mol. The molecule has 0 aliphatic rings. The van der Waals surface area contributed by atoms with Gasteiger partial charge in [0.1, 0.15) is 5.75 Å². The maximum atomic E-state index is 12.1. The lowest BCUT2D eigenvalue weighted by molar-refractivity contribution is -0.122. The summed E-state index contributed by atoms with van der Waals surface area (Å²) in [7, 11) is 0. The first-order valence-electron chi connectivity index (χ1n) is 6.65. The van der Waals surface area contributed by atoms with E-state index in [9.17, 15) is 4.79 Å². The first-order chi connectivity index (χ1) is 9.54. The van der Waals surface area contributed by atoms with Crippen LogP contribution in [0.1, 0.15) is 18.1 Å². The number of rotatable bonds is 4. The Bertz CT molecular complexity index is 573. The average Bonchev–Trinajstić information content (AvgIpc) is 2.38. The molecule has 2 aromatic rings. The van der Waals surface area contributed by atoms with Gasteiger partial charge in [0, 0.05) is 5.69 Å². The summed E-state index contributed by atoms with van der Waals surface area (Å²) in [4.78, 5) is 12.1. The standard InChI is InChI=1S/C17H19NO2/c1-12-9-13(2)11-15(10-12)18-17(19)14(3)20-16-7-5-4-6-8-16/h4-11,14H,1-3H3,(H,18,19)/t14-/m0/s1. The van der Waals surface area contributed by atoms with E-state index in [1.54, 1.807) is 6.92 Å². The van der Waals surface area contributed by atoms with Gasteiger partial charge in [0.25, 0.3) is 5.91 Å². The number of aryl methyl sites for hydroxylation is 2. The molecule has 0 saturated carbocycles. The molecule has 0 radical (unpaired) electrons. The smallest absolute Gasteiger partial charge is 0.265 e. The topological polar surface area (TPSA) is 38.3 Å². The Hall–Kier alpha value is -2.29. The van der Waals surface area contributed by atoms with Gasteiger partial charge < -0.3 is 10.1 Å². The van der Waals surface area contributed by atoms with E-state index in [1.165, 1.54) is 0 Å². The molecule has 0 spiro atoms. The van der Waals surface area contributed by atoms with Gasteiger partial charge in [-0.15, -0.1) is 0 Å². The summed E-state index contributed by atoms with van der Waals surface area (Å²) in [5.74, 6) is 0.537. The molecular formula is C17H19NO2. The second-order valence-corrected chi connectivity index (χ2v) is 4.94. The molecule has 0 bridgehead atoms. The van der Waals surface area contributed by atoms with Crippen LogP contribution >= 0.6 is 0 Å². The highest BCUT2D eigenvalue weighted by atomic mass is 16.5. The van der Waals surface area contributed by atoms with E-state index in [0.717, 1.165) is 16.8 Å². The number of carbonyl (C=O) groups excluding carboxylic acids is 1. The zero-order chi connectivity index (χ0) is 14.5. The van der Waals surface area contributed by atoms with Gasteiger partial charge in [0.2, 0.25) is 0 Å². The van der Waals surface area contributed by atoms with Crippen LogP contribution in [0.15, 0.2) is 48.5 Å². The molecule has 20 heavy (non-hydrogen) atoms. The van der Waals surface area contributed by atoms with Crippen LogP contribution in [0.2, 0.25) is 0 Å². The molecule has 3 heteroatoms. The Morgan fingerprint density at radius 1 is 1.05 bits per heavy atom. The van der Waals surface area contributed by atoms with E-state index in [4.69, 9.17) is 4.74 Å². The number of hydrogen-bond acceptors (Lipinski definition) is 2. The number of amides is 1. The second-order valence-electron chi connectivity index (χ2n) is 4.94. The molecule has 0 aromatic heterocycles. The third-order valence-electron chi connectivity index (χ3n) is 2.91. The third kappa shape index (κ3) is 3.85. The summed E-state index contributed by atoms with van der Waals surface area (Å²) in [6, 6.07) is 15.3. The van der Waals surface area contributed by atoms with Crippen LogP contribution in [0.3, 0.4) is 0 Å². The van der Waals surface area contributed by atoms with Gasteiger partial charge >= 0.3 is 0 Å². The van der Waals surface area contributed by atoms with E-state index in [2.05, 4.69) is 11.4 Å². The van der Waals surface area contributed by atoms with E-state index >= 15 is 0 Å². The first kappa shape index (κ1) is 14.1. The Balaban J connectivity index is 2.00. The minimum Gasteiger partial charge on any atom is -0.481 e. The van der Waals surface area contributed by atoms with Crippen LogP contribution in [0, 0.1) is 13.8 Å². The van der Waals surface area contributed by atoms with Gasteiger partial charge in [-0.3, -0.25) is 4.79 Å². The molecule has 0 unspecified atom stereocenters. The zero-order valence-corrected chi connectivity index (χ0v) is 12.0. The van der Waals surface area contributed by atoms with Crippen molar-refractivity contribution in [3.8, 4) is 5.75 Å². The van der Waals surface area contributed by atoms with Crippen LogP contribution in [0.4, 0.5) is 5.69 Å². The Morgan fingerprint density at radius 2 is 1.65 bits per heavy atom. The van der Waals surface area contributed by atoms with Crippen molar-refractivity contribution in [2.75, 3.05) is 5.32 Å². The minimum atomic E-state index is -0.543. The lowest BCUT2D eigenvalue weighted by Crippen LogP contribution is -2.30. The highest BCUT2D eigenvalue weighted by molar-refractivity contribution is 5.94. The van der Waals surface area contributed by atoms with Gasteiger partial charge in [0.05, 0.1) is 0 Å². The molecule has 0 heterocycles. The maximum Gasteiger partial charge on any atom is 0.265 e. The summed E-state index contributed by atoms with van der Waals surface area (Å²) in [6.45, 7) is 5.75. The maximum absolute atomic E-state index is 12.1. The number of anilines is 1. The zero-order valence-electron chi connectivity index (χ0n) is 12.0. The number of hydrogen-bond donors (Lipinski definition) is 1. The number of ether oxygens (including phenoxy) is 1. The molecule has 1 amide bonds. The molecule has 1 atom stereocenters. The van der Waals surface area contributed by atoms with Crippen LogP contribution < -0.4 is 10.1 Å². The van der Waals surface area contributed by atoms with Crippen molar-refractivity contribution in [3.05, 3.63) is 59.7 Å². The summed E-state index contributed by atoms with van der Waals surface area (Å²) in [5, 5.41) is 2.88. The lowest BCUT2D eigenvalue weighted by Gasteiger charge is -2.15. The van der Waals surface area contributed by atoms with Crippen molar-refractivity contribution in [2.45, 2.75) is 26.9 Å². The SMILES string of the molecule is Cc1cc(C)cc(NC(=O)[C@H](C)Oc2ccccc2)c1. The molecule has 0 fully saturated rings. The third-order valence-corrected chi connectivity index (χ3v) is 2.91. The molecule has 0 aliphatic carbocycles. The van der Waals surface area contributed by atoms with E-state index in [0.29, 0.717) is 5.75 Å².